The summed E-state index contributed by atoms with van der Waals surface area (Å²) in [7, 11) is 0. The van der Waals surface area contributed by atoms with Crippen LogP contribution in [0, 0.1) is 0 Å². The molecule has 1 atom stereocenters. The van der Waals surface area contributed by atoms with Crippen LogP contribution in [0.15, 0.2) is 30.5 Å². The third kappa shape index (κ3) is 2.56. The van der Waals surface area contributed by atoms with Crippen molar-refractivity contribution in [2.75, 3.05) is 0 Å². The number of nitrogens with one attached hydrogen (secondary N) is 2. The number of amides is 1. The molecule has 1 aromatic heterocycles. The molecule has 0 aliphatic carbocycles. The van der Waals surface area contributed by atoms with Gasteiger partial charge in [0.15, 0.2) is 0 Å². The van der Waals surface area contributed by atoms with Crippen LogP contribution in [0.3, 0.4) is 0 Å². The van der Waals surface area contributed by atoms with Crippen molar-refractivity contribution in [3.8, 4) is 0 Å². The maximum atomic E-state index is 12.8. The van der Waals surface area contributed by atoms with Gasteiger partial charge in [-0.05, 0) is 30.5 Å². The summed E-state index contributed by atoms with van der Waals surface area (Å²) in [5, 5.41) is 11.1. The highest BCUT2D eigenvalue weighted by molar-refractivity contribution is 6.00. The number of rotatable bonds is 3. The molecular weight excluding hydrogens is 289 g/mol. The predicted molar refractivity (Wildman–Crippen MR) is 67.9 cm³/mol. The molecule has 1 heterocycles. The van der Waals surface area contributed by atoms with Crippen LogP contribution in [0.25, 0.3) is 10.9 Å². The predicted octanol–water partition coefficient (Wildman–Crippen LogP) is 2.30. The molecule has 5 nitrogen and oxygen atoms in total. The number of hydrogen-bond donors (Lipinski definition) is 3. The Bertz CT molecular complexity index is 708. The van der Waals surface area contributed by atoms with E-state index in [4.69, 9.17) is 5.11 Å². The second-order valence-electron chi connectivity index (χ2n) is 4.66. The Morgan fingerprint density at radius 2 is 1.90 bits per heavy atom. The van der Waals surface area contributed by atoms with E-state index in [9.17, 15) is 22.8 Å². The first kappa shape index (κ1) is 14.9. The van der Waals surface area contributed by atoms with E-state index < -0.39 is 23.6 Å². The van der Waals surface area contributed by atoms with Crippen LogP contribution in [-0.2, 0) is 4.79 Å². The molecule has 3 N–H and O–H groups in total. The molecule has 0 aliphatic rings. The number of H-pyrrole nitrogens is 1. The zero-order chi connectivity index (χ0) is 15.8. The van der Waals surface area contributed by atoms with Crippen molar-refractivity contribution in [3.05, 3.63) is 36.0 Å². The second-order valence-corrected chi connectivity index (χ2v) is 4.66. The summed E-state index contributed by atoms with van der Waals surface area (Å²) in [6.07, 6.45) is -3.51. The average molecular weight is 300 g/mol. The maximum Gasteiger partial charge on any atom is 0.422 e. The van der Waals surface area contributed by atoms with Gasteiger partial charge in [-0.2, -0.15) is 13.2 Å². The van der Waals surface area contributed by atoms with Gasteiger partial charge < -0.3 is 15.4 Å². The number of aromatic nitrogens is 1. The smallest absolute Gasteiger partial charge is 0.422 e. The van der Waals surface area contributed by atoms with Crippen molar-refractivity contribution in [3.63, 3.8) is 0 Å². The highest BCUT2D eigenvalue weighted by Gasteiger charge is 2.58. The summed E-state index contributed by atoms with van der Waals surface area (Å²) in [5.74, 6) is -3.29. The molecule has 0 saturated carbocycles. The summed E-state index contributed by atoms with van der Waals surface area (Å²) < 4.78 is 38.5. The lowest BCUT2D eigenvalue weighted by atomic mass is 10.0. The van der Waals surface area contributed by atoms with E-state index in [1.807, 2.05) is 0 Å². The van der Waals surface area contributed by atoms with E-state index in [1.165, 1.54) is 17.4 Å². The number of hydrogen-bond acceptors (Lipinski definition) is 2. The minimum absolute atomic E-state index is 0.0679. The minimum atomic E-state index is -5.12. The first-order chi connectivity index (χ1) is 9.65. The molecule has 0 radical (unpaired) electrons. The highest BCUT2D eigenvalue weighted by Crippen LogP contribution is 2.30. The van der Waals surface area contributed by atoms with Gasteiger partial charge in [0.1, 0.15) is 0 Å². The van der Waals surface area contributed by atoms with Gasteiger partial charge in [-0.3, -0.25) is 4.79 Å². The Morgan fingerprint density at radius 1 is 1.24 bits per heavy atom. The topological polar surface area (TPSA) is 82.2 Å². The third-order valence-electron chi connectivity index (χ3n) is 3.18. The first-order valence-electron chi connectivity index (χ1n) is 5.85. The van der Waals surface area contributed by atoms with Crippen LogP contribution >= 0.6 is 0 Å². The standard InChI is InChI=1S/C13H11F3N2O3/c1-12(11(20)21,13(14,15)16)18-10(19)8-3-2-7-4-5-17-9(7)6-8/h2-6,17H,1H3,(H,18,19)(H,20,21). The fraction of sp³-hybridized carbons (Fsp3) is 0.231. The van der Waals surface area contributed by atoms with Crippen molar-refractivity contribution in [2.24, 2.45) is 0 Å². The normalized spacial score (nSPS) is 14.7. The Balaban J connectivity index is 2.33. The first-order valence-corrected chi connectivity index (χ1v) is 5.85. The summed E-state index contributed by atoms with van der Waals surface area (Å²) in [5.41, 5.74) is -2.86. The van der Waals surface area contributed by atoms with Gasteiger partial charge in [0.25, 0.3) is 5.91 Å². The lowest BCUT2D eigenvalue weighted by molar-refractivity contribution is -0.203. The van der Waals surface area contributed by atoms with Gasteiger partial charge >= 0.3 is 12.1 Å². The SMILES string of the molecule is CC(NC(=O)c1ccc2cc[nH]c2c1)(C(=O)O)C(F)(F)F. The van der Waals surface area contributed by atoms with Crippen molar-refractivity contribution in [2.45, 2.75) is 18.6 Å². The van der Waals surface area contributed by atoms with Gasteiger partial charge in [-0.25, -0.2) is 4.79 Å². The number of carbonyl (C=O) groups excluding carboxylic acids is 1. The van der Waals surface area contributed by atoms with Gasteiger partial charge in [0.2, 0.25) is 5.54 Å². The molecule has 112 valence electrons. The van der Waals surface area contributed by atoms with Crippen LogP contribution in [0.5, 0.6) is 0 Å². The molecule has 21 heavy (non-hydrogen) atoms. The van der Waals surface area contributed by atoms with Crippen molar-refractivity contribution in [1.29, 1.82) is 0 Å². The number of carboxylic acids is 1. The van der Waals surface area contributed by atoms with E-state index in [0.29, 0.717) is 12.4 Å². The molecule has 1 unspecified atom stereocenters. The van der Waals surface area contributed by atoms with Crippen LogP contribution < -0.4 is 5.32 Å². The zero-order valence-corrected chi connectivity index (χ0v) is 10.8. The Morgan fingerprint density at radius 3 is 2.48 bits per heavy atom. The Kier molecular flexibility index (Phi) is 3.40. The summed E-state index contributed by atoms with van der Waals surface area (Å²) >= 11 is 0. The number of aliphatic carboxylic acids is 1. The highest BCUT2D eigenvalue weighted by atomic mass is 19.4. The Hall–Kier alpha value is -2.51. The third-order valence-corrected chi connectivity index (χ3v) is 3.18. The number of alkyl halides is 3. The molecule has 1 amide bonds. The number of benzene rings is 1. The van der Waals surface area contributed by atoms with Crippen LogP contribution in [0.2, 0.25) is 0 Å². The fourth-order valence-electron chi connectivity index (χ4n) is 1.73. The molecular formula is C13H11F3N2O3. The monoisotopic (exact) mass is 300 g/mol. The van der Waals surface area contributed by atoms with Crippen molar-refractivity contribution < 1.29 is 27.9 Å². The summed E-state index contributed by atoms with van der Waals surface area (Å²) in [6.45, 7) is 0.403. The van der Waals surface area contributed by atoms with Gasteiger partial charge in [0.05, 0.1) is 0 Å². The quantitative estimate of drug-likeness (QED) is 0.813. The largest absolute Gasteiger partial charge is 0.479 e. The minimum Gasteiger partial charge on any atom is -0.479 e. The molecule has 0 spiro atoms. The molecule has 0 fully saturated rings. The Labute approximate surface area is 116 Å². The fourth-order valence-corrected chi connectivity index (χ4v) is 1.73. The number of aromatic amines is 1. The van der Waals surface area contributed by atoms with E-state index in [2.05, 4.69) is 4.98 Å². The molecule has 8 heteroatoms. The van der Waals surface area contributed by atoms with E-state index in [0.717, 1.165) is 5.39 Å². The summed E-state index contributed by atoms with van der Waals surface area (Å²) in [4.78, 5) is 25.6. The van der Waals surface area contributed by atoms with Crippen LogP contribution in [0.1, 0.15) is 17.3 Å². The van der Waals surface area contributed by atoms with Gasteiger partial charge in [-0.15, -0.1) is 0 Å². The lowest BCUT2D eigenvalue weighted by Gasteiger charge is -2.28. The molecule has 1 aromatic carbocycles. The van der Waals surface area contributed by atoms with Crippen LogP contribution in [-0.4, -0.2) is 33.7 Å². The molecule has 0 aliphatic heterocycles. The molecule has 2 aromatic rings. The molecule has 0 bridgehead atoms. The number of halogens is 3. The second kappa shape index (κ2) is 4.80. The van der Waals surface area contributed by atoms with Crippen molar-refractivity contribution in [1.82, 2.24) is 10.3 Å². The number of carbonyl (C=O) groups is 2. The molecule has 2 rings (SSSR count). The molecule has 0 saturated heterocycles. The number of carboxylic acid groups (broad SMARTS) is 1. The average Bonchev–Trinajstić information content (AvgIpc) is 2.83. The maximum absolute atomic E-state index is 12.8. The number of fused-ring (bicyclic) bond motifs is 1. The van der Waals surface area contributed by atoms with E-state index in [-0.39, 0.29) is 5.56 Å². The van der Waals surface area contributed by atoms with Crippen molar-refractivity contribution >= 4 is 22.8 Å². The van der Waals surface area contributed by atoms with E-state index >= 15 is 0 Å². The lowest BCUT2D eigenvalue weighted by Crippen LogP contribution is -2.61. The van der Waals surface area contributed by atoms with Crippen LogP contribution in [0.4, 0.5) is 13.2 Å². The summed E-state index contributed by atoms with van der Waals surface area (Å²) in [6, 6.07) is 5.95. The van der Waals surface area contributed by atoms with Gasteiger partial charge in [-0.1, -0.05) is 6.07 Å². The zero-order valence-electron chi connectivity index (χ0n) is 10.8. The van der Waals surface area contributed by atoms with E-state index in [1.54, 1.807) is 18.3 Å². The van der Waals surface area contributed by atoms with Gasteiger partial charge in [0, 0.05) is 17.3 Å².